The van der Waals surface area contributed by atoms with E-state index < -0.39 is 29.2 Å². The van der Waals surface area contributed by atoms with Gasteiger partial charge in [-0.05, 0) is 44.7 Å². The lowest BCUT2D eigenvalue weighted by Gasteiger charge is -2.38. The van der Waals surface area contributed by atoms with Crippen LogP contribution in [0.5, 0.6) is 5.75 Å². The highest BCUT2D eigenvalue weighted by Crippen LogP contribution is 2.37. The lowest BCUT2D eigenvalue weighted by atomic mass is 9.89. The van der Waals surface area contributed by atoms with Crippen LogP contribution in [0.2, 0.25) is 0 Å². The molecule has 10 nitrogen and oxygen atoms in total. The normalized spacial score (nSPS) is 19.7. The number of imide groups is 2. The average Bonchev–Trinajstić information content (AvgIpc) is 3.10. The molecule has 3 rings (SSSR count). The summed E-state index contributed by atoms with van der Waals surface area (Å²) >= 11 is 0. The molecule has 1 atom stereocenters. The number of unbranched alkanes of at least 4 members (excludes halogenated alkanes) is 1. The minimum Gasteiger partial charge on any atom is -0.485 e. The first-order valence-corrected chi connectivity index (χ1v) is 12.0. The zero-order valence-electron chi connectivity index (χ0n) is 20.2. The third-order valence-electron chi connectivity index (χ3n) is 6.05. The molecule has 1 aromatic carbocycles. The van der Waals surface area contributed by atoms with Gasteiger partial charge in [0.15, 0.2) is 5.78 Å². The number of carbonyl (C=O) groups excluding carboxylic acids is 5. The maximum absolute atomic E-state index is 13.2. The fourth-order valence-electron chi connectivity index (χ4n) is 4.05. The Morgan fingerprint density at radius 1 is 1.03 bits per heavy atom. The van der Waals surface area contributed by atoms with Crippen LogP contribution in [0.15, 0.2) is 18.2 Å². The first kappa shape index (κ1) is 26.5. The zero-order chi connectivity index (χ0) is 25.4. The molecular formula is C25H32N2O8. The van der Waals surface area contributed by atoms with Gasteiger partial charge in [0.05, 0.1) is 24.3 Å². The van der Waals surface area contributed by atoms with Crippen LogP contribution >= 0.6 is 0 Å². The Morgan fingerprint density at radius 3 is 2.49 bits per heavy atom. The Kier molecular flexibility index (Phi) is 9.11. The van der Waals surface area contributed by atoms with Crippen molar-refractivity contribution in [2.75, 3.05) is 33.0 Å². The highest BCUT2D eigenvalue weighted by atomic mass is 16.5. The number of nitrogens with zero attached hydrogens (tertiary/aromatic N) is 1. The Bertz CT molecular complexity index is 992. The molecule has 0 saturated carbocycles. The summed E-state index contributed by atoms with van der Waals surface area (Å²) in [6, 6.07) is 4.55. The van der Waals surface area contributed by atoms with E-state index in [1.165, 1.54) is 19.1 Å². The number of piperidine rings is 1. The number of fused-ring (bicyclic) bond motifs is 1. The molecule has 0 bridgehead atoms. The summed E-state index contributed by atoms with van der Waals surface area (Å²) in [5.41, 5.74) is -1.36. The van der Waals surface area contributed by atoms with E-state index in [0.29, 0.717) is 32.7 Å². The number of nitrogens with one attached hydrogen (secondary N) is 1. The quantitative estimate of drug-likeness (QED) is 0.311. The van der Waals surface area contributed by atoms with E-state index in [1.807, 2.05) is 6.92 Å². The van der Waals surface area contributed by atoms with Crippen LogP contribution in [0.25, 0.3) is 0 Å². The lowest BCUT2D eigenvalue weighted by molar-refractivity contribution is -0.141. The molecule has 1 unspecified atom stereocenters. The second-order valence-electron chi connectivity index (χ2n) is 8.78. The van der Waals surface area contributed by atoms with Gasteiger partial charge in [-0.15, -0.1) is 0 Å². The van der Waals surface area contributed by atoms with Gasteiger partial charge in [0.2, 0.25) is 5.91 Å². The second-order valence-corrected chi connectivity index (χ2v) is 8.78. The van der Waals surface area contributed by atoms with Gasteiger partial charge in [-0.25, -0.2) is 0 Å². The number of benzene rings is 1. The van der Waals surface area contributed by atoms with E-state index in [9.17, 15) is 24.0 Å². The van der Waals surface area contributed by atoms with Gasteiger partial charge in [-0.2, -0.15) is 0 Å². The summed E-state index contributed by atoms with van der Waals surface area (Å²) in [6.45, 7) is 5.61. The molecule has 4 amide bonds. The first-order valence-electron chi connectivity index (χ1n) is 12.0. The Morgan fingerprint density at radius 2 is 1.77 bits per heavy atom. The summed E-state index contributed by atoms with van der Waals surface area (Å²) in [5, 5.41) is 2.20. The third-order valence-corrected chi connectivity index (χ3v) is 6.05. The summed E-state index contributed by atoms with van der Waals surface area (Å²) in [6.07, 6.45) is 2.69. The first-order chi connectivity index (χ1) is 16.8. The Hall–Kier alpha value is -3.11. The molecule has 10 heteroatoms. The summed E-state index contributed by atoms with van der Waals surface area (Å²) in [7, 11) is 0. The van der Waals surface area contributed by atoms with E-state index in [-0.39, 0.29) is 42.1 Å². The van der Waals surface area contributed by atoms with Crippen molar-refractivity contribution in [3.05, 3.63) is 29.3 Å². The zero-order valence-corrected chi connectivity index (χ0v) is 20.2. The number of carbonyl (C=O) groups is 5. The standard InChI is InChI=1S/C25H32N2O8/c1-3-12-33-14-15-34-13-5-4-7-17(28)16-35-19-9-6-8-18-21(19)23(31)27(22(18)30)25(2)11-10-20(29)26-24(25)32/h6,8-9H,3-5,7,10-16H2,1-2H3,(H,26,29,32). The smallest absolute Gasteiger partial charge is 0.266 e. The molecule has 1 fully saturated rings. The van der Waals surface area contributed by atoms with Crippen molar-refractivity contribution in [3.8, 4) is 5.75 Å². The largest absolute Gasteiger partial charge is 0.485 e. The lowest BCUT2D eigenvalue weighted by Crippen LogP contribution is -2.62. The summed E-state index contributed by atoms with van der Waals surface area (Å²) in [5.74, 6) is -2.48. The summed E-state index contributed by atoms with van der Waals surface area (Å²) in [4.78, 5) is 63.5. The van der Waals surface area contributed by atoms with Gasteiger partial charge in [0, 0.05) is 26.1 Å². The maximum atomic E-state index is 13.2. The maximum Gasteiger partial charge on any atom is 0.266 e. The number of ketones is 1. The van der Waals surface area contributed by atoms with Crippen LogP contribution in [0.4, 0.5) is 0 Å². The second kappa shape index (κ2) is 12.0. The molecule has 0 spiro atoms. The van der Waals surface area contributed by atoms with Crippen molar-refractivity contribution < 1.29 is 38.2 Å². The SMILES string of the molecule is CCCOCCOCCCCC(=O)COc1cccc2c1C(=O)N(C1(C)CCC(=O)NC1=O)C2=O. The third kappa shape index (κ3) is 6.12. The minimum atomic E-state index is -1.49. The van der Waals surface area contributed by atoms with Gasteiger partial charge in [-0.3, -0.25) is 34.2 Å². The van der Waals surface area contributed by atoms with Crippen LogP contribution in [0.1, 0.15) is 73.1 Å². The predicted octanol–water partition coefficient (Wildman–Crippen LogP) is 2.04. The predicted molar refractivity (Wildman–Crippen MR) is 124 cm³/mol. The average molecular weight is 489 g/mol. The Balaban J connectivity index is 1.52. The fraction of sp³-hybridized carbons (Fsp3) is 0.560. The van der Waals surface area contributed by atoms with Gasteiger partial charge < -0.3 is 14.2 Å². The van der Waals surface area contributed by atoms with Crippen molar-refractivity contribution in [3.63, 3.8) is 0 Å². The molecule has 2 aliphatic heterocycles. The number of ether oxygens (including phenoxy) is 3. The van der Waals surface area contributed by atoms with Gasteiger partial charge in [0.1, 0.15) is 17.9 Å². The van der Waals surface area contributed by atoms with Crippen molar-refractivity contribution in [2.24, 2.45) is 0 Å². The number of rotatable bonds is 14. The van der Waals surface area contributed by atoms with Gasteiger partial charge >= 0.3 is 0 Å². The van der Waals surface area contributed by atoms with E-state index in [4.69, 9.17) is 14.2 Å². The highest BCUT2D eigenvalue weighted by Gasteiger charge is 2.53. The fourth-order valence-corrected chi connectivity index (χ4v) is 4.05. The van der Waals surface area contributed by atoms with Crippen LogP contribution in [0.3, 0.4) is 0 Å². The molecule has 1 saturated heterocycles. The number of Topliss-reactive ketones (excluding diaryl/α,β-unsaturated/α-hetero) is 1. The topological polar surface area (TPSA) is 128 Å². The van der Waals surface area contributed by atoms with Gasteiger partial charge in [-0.1, -0.05) is 13.0 Å². The van der Waals surface area contributed by atoms with Crippen LogP contribution in [-0.2, 0) is 23.9 Å². The minimum absolute atomic E-state index is 0.0190. The molecule has 35 heavy (non-hydrogen) atoms. The number of amides is 4. The van der Waals surface area contributed by atoms with E-state index in [1.54, 1.807) is 6.07 Å². The van der Waals surface area contributed by atoms with Crippen molar-refractivity contribution in [1.82, 2.24) is 10.2 Å². The monoisotopic (exact) mass is 488 g/mol. The molecule has 1 aromatic rings. The highest BCUT2D eigenvalue weighted by molar-refractivity contribution is 6.25. The van der Waals surface area contributed by atoms with E-state index >= 15 is 0 Å². The molecule has 0 aromatic heterocycles. The molecular weight excluding hydrogens is 456 g/mol. The molecule has 0 radical (unpaired) electrons. The van der Waals surface area contributed by atoms with Crippen LogP contribution in [0, 0.1) is 0 Å². The molecule has 190 valence electrons. The van der Waals surface area contributed by atoms with E-state index in [2.05, 4.69) is 5.32 Å². The summed E-state index contributed by atoms with van der Waals surface area (Å²) < 4.78 is 16.4. The Labute approximate surface area is 204 Å². The molecule has 1 N–H and O–H groups in total. The molecule has 2 aliphatic rings. The number of hydrogen-bond acceptors (Lipinski definition) is 8. The van der Waals surface area contributed by atoms with Crippen molar-refractivity contribution >= 4 is 29.4 Å². The number of hydrogen-bond donors (Lipinski definition) is 1. The van der Waals surface area contributed by atoms with Crippen LogP contribution in [-0.4, -0.2) is 72.9 Å². The molecule has 0 aliphatic carbocycles. The van der Waals surface area contributed by atoms with Crippen LogP contribution < -0.4 is 10.1 Å². The van der Waals surface area contributed by atoms with Gasteiger partial charge in [0.25, 0.3) is 17.7 Å². The molecule has 2 heterocycles. The van der Waals surface area contributed by atoms with E-state index in [0.717, 1.165) is 24.3 Å². The van der Waals surface area contributed by atoms with Crippen molar-refractivity contribution in [2.45, 2.75) is 57.9 Å². The van der Waals surface area contributed by atoms with Crippen molar-refractivity contribution in [1.29, 1.82) is 0 Å².